The predicted molar refractivity (Wildman–Crippen MR) is 78.5 cm³/mol. The smallest absolute Gasteiger partial charge is 0.100 e. The zero-order chi connectivity index (χ0) is 12.5. The first-order valence-electron chi connectivity index (χ1n) is 6.30. The van der Waals surface area contributed by atoms with Crippen LogP contribution in [0.3, 0.4) is 0 Å². The van der Waals surface area contributed by atoms with Crippen LogP contribution < -0.4 is 0 Å². The number of aliphatic hydroxyl groups excluding tert-OH is 1. The third-order valence-corrected chi connectivity index (χ3v) is 4.06. The molecule has 1 unspecified atom stereocenters. The van der Waals surface area contributed by atoms with E-state index in [2.05, 4.69) is 46.3 Å². The predicted octanol–water partition coefficient (Wildman–Crippen LogP) is 4.75. The highest BCUT2D eigenvalue weighted by atomic mass is 79.9. The number of hydrogen-bond acceptors (Lipinski definition) is 1. The average Bonchev–Trinajstić information content (AvgIpc) is 2.91. The minimum absolute atomic E-state index is 0.430. The Labute approximate surface area is 115 Å². The molecule has 1 aliphatic rings. The molecule has 2 aromatic carbocycles. The number of fused-ring (bicyclic) bond motifs is 1. The van der Waals surface area contributed by atoms with E-state index in [0.717, 1.165) is 22.9 Å². The number of allylic oxidation sites excluding steroid dienone is 1. The molecule has 1 nitrogen and oxygen atoms in total. The van der Waals surface area contributed by atoms with Gasteiger partial charge in [0.1, 0.15) is 6.10 Å². The molecular formula is C16H15BrO. The van der Waals surface area contributed by atoms with Crippen molar-refractivity contribution in [3.05, 3.63) is 58.1 Å². The molecule has 92 valence electrons. The van der Waals surface area contributed by atoms with Gasteiger partial charge >= 0.3 is 0 Å². The van der Waals surface area contributed by atoms with E-state index in [0.29, 0.717) is 0 Å². The molecule has 1 N–H and O–H groups in total. The maximum Gasteiger partial charge on any atom is 0.100 e. The highest BCUT2D eigenvalue weighted by Gasteiger charge is 2.16. The zero-order valence-electron chi connectivity index (χ0n) is 10.1. The Balaban J connectivity index is 2.00. The maximum atomic E-state index is 10.4. The fraction of sp³-hybridized carbons (Fsp3) is 0.250. The van der Waals surface area contributed by atoms with Crippen molar-refractivity contribution in [3.8, 4) is 0 Å². The Morgan fingerprint density at radius 1 is 1.06 bits per heavy atom. The third kappa shape index (κ3) is 2.23. The lowest BCUT2D eigenvalue weighted by atomic mass is 9.98. The van der Waals surface area contributed by atoms with Gasteiger partial charge in [-0.2, -0.15) is 0 Å². The zero-order valence-corrected chi connectivity index (χ0v) is 11.7. The summed E-state index contributed by atoms with van der Waals surface area (Å²) in [4.78, 5) is 0. The minimum atomic E-state index is -0.430. The van der Waals surface area contributed by atoms with Crippen molar-refractivity contribution in [2.75, 3.05) is 0 Å². The Bertz CT molecular complexity index is 616. The van der Waals surface area contributed by atoms with Crippen LogP contribution in [-0.4, -0.2) is 5.11 Å². The first kappa shape index (κ1) is 11.9. The van der Waals surface area contributed by atoms with Crippen LogP contribution >= 0.6 is 15.9 Å². The van der Waals surface area contributed by atoms with Gasteiger partial charge in [0, 0.05) is 4.47 Å². The molecule has 18 heavy (non-hydrogen) atoms. The lowest BCUT2D eigenvalue weighted by Crippen LogP contribution is -1.99. The molecule has 0 aromatic heterocycles. The molecule has 0 amide bonds. The summed E-state index contributed by atoms with van der Waals surface area (Å²) >= 11 is 3.48. The summed E-state index contributed by atoms with van der Waals surface area (Å²) < 4.78 is 1.08. The number of benzene rings is 2. The van der Waals surface area contributed by atoms with E-state index in [9.17, 15) is 5.11 Å². The molecule has 0 fully saturated rings. The van der Waals surface area contributed by atoms with Crippen LogP contribution in [0.2, 0.25) is 0 Å². The Hall–Kier alpha value is -1.12. The molecule has 0 bridgehead atoms. The van der Waals surface area contributed by atoms with Gasteiger partial charge in [-0.1, -0.05) is 40.2 Å². The van der Waals surface area contributed by atoms with Crippen molar-refractivity contribution in [2.45, 2.75) is 25.4 Å². The molecule has 0 radical (unpaired) electrons. The van der Waals surface area contributed by atoms with Gasteiger partial charge in [-0.3, -0.25) is 0 Å². The van der Waals surface area contributed by atoms with Crippen LogP contribution in [0.15, 0.2) is 52.5 Å². The lowest BCUT2D eigenvalue weighted by Gasteiger charge is -2.13. The Morgan fingerprint density at radius 3 is 2.61 bits per heavy atom. The summed E-state index contributed by atoms with van der Waals surface area (Å²) in [6.45, 7) is 0. The standard InChI is InChI=1S/C16H15BrO/c17-15-8-7-12-9-14(6-5-13(12)10-15)16(18)11-3-1-2-4-11/h3,5-10,16,18H,1-2,4H2. The molecule has 2 aromatic rings. The van der Waals surface area contributed by atoms with E-state index in [1.54, 1.807) is 0 Å². The van der Waals surface area contributed by atoms with Crippen LogP contribution in [0.25, 0.3) is 10.8 Å². The molecular weight excluding hydrogens is 288 g/mol. The summed E-state index contributed by atoms with van der Waals surface area (Å²) in [5.74, 6) is 0. The SMILES string of the molecule is OC(C1=CCCC1)c1ccc2cc(Br)ccc2c1. The van der Waals surface area contributed by atoms with Crippen molar-refractivity contribution in [1.29, 1.82) is 0 Å². The minimum Gasteiger partial charge on any atom is -0.384 e. The maximum absolute atomic E-state index is 10.4. The molecule has 2 heteroatoms. The number of hydrogen-bond donors (Lipinski definition) is 1. The quantitative estimate of drug-likeness (QED) is 0.794. The molecule has 0 saturated heterocycles. The summed E-state index contributed by atoms with van der Waals surface area (Å²) in [6.07, 6.45) is 5.05. The first-order chi connectivity index (χ1) is 8.74. The summed E-state index contributed by atoms with van der Waals surface area (Å²) in [6, 6.07) is 12.4. The van der Waals surface area contributed by atoms with Gasteiger partial charge in [-0.05, 0) is 59.4 Å². The molecule has 0 heterocycles. The van der Waals surface area contributed by atoms with E-state index in [1.165, 1.54) is 22.8 Å². The second-order valence-electron chi connectivity index (χ2n) is 4.82. The normalized spacial score (nSPS) is 16.9. The van der Waals surface area contributed by atoms with E-state index in [1.807, 2.05) is 12.1 Å². The van der Waals surface area contributed by atoms with Gasteiger partial charge in [0.2, 0.25) is 0 Å². The van der Waals surface area contributed by atoms with Crippen molar-refractivity contribution < 1.29 is 5.11 Å². The molecule has 1 atom stereocenters. The van der Waals surface area contributed by atoms with Crippen molar-refractivity contribution in [2.24, 2.45) is 0 Å². The fourth-order valence-electron chi connectivity index (χ4n) is 2.56. The number of halogens is 1. The molecule has 0 spiro atoms. The van der Waals surface area contributed by atoms with Gasteiger partial charge in [0.15, 0.2) is 0 Å². The van der Waals surface area contributed by atoms with Gasteiger partial charge in [-0.15, -0.1) is 0 Å². The fourth-order valence-corrected chi connectivity index (χ4v) is 2.94. The number of aliphatic hydroxyl groups is 1. The molecule has 1 aliphatic carbocycles. The topological polar surface area (TPSA) is 20.2 Å². The van der Waals surface area contributed by atoms with Crippen LogP contribution in [0.5, 0.6) is 0 Å². The van der Waals surface area contributed by atoms with Gasteiger partial charge < -0.3 is 5.11 Å². The van der Waals surface area contributed by atoms with Gasteiger partial charge in [-0.25, -0.2) is 0 Å². The summed E-state index contributed by atoms with van der Waals surface area (Å²) in [7, 11) is 0. The summed E-state index contributed by atoms with van der Waals surface area (Å²) in [5.41, 5.74) is 2.17. The third-order valence-electron chi connectivity index (χ3n) is 3.57. The van der Waals surface area contributed by atoms with Crippen molar-refractivity contribution in [3.63, 3.8) is 0 Å². The highest BCUT2D eigenvalue weighted by Crippen LogP contribution is 2.32. The second-order valence-corrected chi connectivity index (χ2v) is 5.74. The molecule has 0 saturated carbocycles. The monoisotopic (exact) mass is 302 g/mol. The van der Waals surface area contributed by atoms with Gasteiger partial charge in [0.05, 0.1) is 0 Å². The van der Waals surface area contributed by atoms with Crippen LogP contribution in [0.1, 0.15) is 30.9 Å². The molecule has 0 aliphatic heterocycles. The van der Waals surface area contributed by atoms with Crippen LogP contribution in [0, 0.1) is 0 Å². The second kappa shape index (κ2) is 4.87. The lowest BCUT2D eigenvalue weighted by molar-refractivity contribution is 0.213. The van der Waals surface area contributed by atoms with Gasteiger partial charge in [0.25, 0.3) is 0 Å². The summed E-state index contributed by atoms with van der Waals surface area (Å²) in [5, 5.41) is 12.7. The number of rotatable bonds is 2. The first-order valence-corrected chi connectivity index (χ1v) is 7.09. The van der Waals surface area contributed by atoms with E-state index >= 15 is 0 Å². The van der Waals surface area contributed by atoms with Crippen molar-refractivity contribution in [1.82, 2.24) is 0 Å². The van der Waals surface area contributed by atoms with E-state index in [-0.39, 0.29) is 0 Å². The highest BCUT2D eigenvalue weighted by molar-refractivity contribution is 9.10. The molecule has 3 rings (SSSR count). The largest absolute Gasteiger partial charge is 0.384 e. The van der Waals surface area contributed by atoms with E-state index in [4.69, 9.17) is 0 Å². The van der Waals surface area contributed by atoms with E-state index < -0.39 is 6.10 Å². The Kier molecular flexibility index (Phi) is 3.23. The van der Waals surface area contributed by atoms with Crippen molar-refractivity contribution >= 4 is 26.7 Å². The van der Waals surface area contributed by atoms with Crippen LogP contribution in [-0.2, 0) is 0 Å². The Morgan fingerprint density at radius 2 is 1.83 bits per heavy atom. The van der Waals surface area contributed by atoms with Crippen LogP contribution in [0.4, 0.5) is 0 Å². The average molecular weight is 303 g/mol.